The smallest absolute Gasteiger partial charge is 0.262 e. The van der Waals surface area contributed by atoms with E-state index in [0.29, 0.717) is 17.2 Å². The summed E-state index contributed by atoms with van der Waals surface area (Å²) >= 11 is 6.42. The van der Waals surface area contributed by atoms with Crippen LogP contribution in [0.15, 0.2) is 53.6 Å². The van der Waals surface area contributed by atoms with Crippen LogP contribution in [0.2, 0.25) is 5.02 Å². The molecule has 1 aliphatic heterocycles. The molecule has 0 spiro atoms. The molecular formula is C25H28ClN3O3. The van der Waals surface area contributed by atoms with Gasteiger partial charge in [-0.05, 0) is 25.0 Å². The largest absolute Gasteiger partial charge is 0.496 e. The lowest BCUT2D eigenvalue weighted by molar-refractivity contribution is -0.142. The predicted molar refractivity (Wildman–Crippen MR) is 125 cm³/mol. The molecule has 0 saturated heterocycles. The summed E-state index contributed by atoms with van der Waals surface area (Å²) in [7, 11) is 3.31. The van der Waals surface area contributed by atoms with Gasteiger partial charge < -0.3 is 9.64 Å². The summed E-state index contributed by atoms with van der Waals surface area (Å²) in [6, 6.07) is 14.8. The first-order valence-corrected chi connectivity index (χ1v) is 11.4. The van der Waals surface area contributed by atoms with E-state index in [1.54, 1.807) is 19.1 Å². The summed E-state index contributed by atoms with van der Waals surface area (Å²) in [5.74, 6) is 0.538. The van der Waals surface area contributed by atoms with Gasteiger partial charge in [-0.25, -0.2) is 5.01 Å². The molecule has 2 aliphatic rings. The zero-order valence-electron chi connectivity index (χ0n) is 18.5. The lowest BCUT2D eigenvalue weighted by Crippen LogP contribution is -2.41. The van der Waals surface area contributed by atoms with Crippen molar-refractivity contribution in [2.45, 2.75) is 38.1 Å². The van der Waals surface area contributed by atoms with Crippen molar-refractivity contribution in [3.63, 3.8) is 0 Å². The highest BCUT2D eigenvalue weighted by Gasteiger charge is 2.36. The number of hydrogen-bond donors (Lipinski definition) is 0. The van der Waals surface area contributed by atoms with Gasteiger partial charge in [0.25, 0.3) is 5.91 Å². The molecule has 1 fully saturated rings. The molecule has 0 N–H and O–H groups in total. The van der Waals surface area contributed by atoms with Gasteiger partial charge in [-0.15, -0.1) is 0 Å². The number of amides is 2. The molecular weight excluding hydrogens is 426 g/mol. The minimum Gasteiger partial charge on any atom is -0.496 e. The number of hydrogen-bond acceptors (Lipinski definition) is 4. The first-order valence-electron chi connectivity index (χ1n) is 11.0. The Balaban J connectivity index is 1.62. The third-order valence-electron chi connectivity index (χ3n) is 6.30. The number of carbonyl (C=O) groups is 2. The zero-order chi connectivity index (χ0) is 22.7. The molecule has 2 amide bonds. The predicted octanol–water partition coefficient (Wildman–Crippen LogP) is 4.67. The van der Waals surface area contributed by atoms with Gasteiger partial charge in [0.1, 0.15) is 12.3 Å². The van der Waals surface area contributed by atoms with Crippen molar-refractivity contribution in [1.82, 2.24) is 9.91 Å². The summed E-state index contributed by atoms with van der Waals surface area (Å²) in [4.78, 5) is 27.7. The van der Waals surface area contributed by atoms with Crippen molar-refractivity contribution in [3.05, 3.63) is 64.7 Å². The number of hydrazone groups is 1. The first kappa shape index (κ1) is 22.3. The number of benzene rings is 2. The van der Waals surface area contributed by atoms with Crippen LogP contribution >= 0.6 is 11.6 Å². The Hall–Kier alpha value is -2.86. The standard InChI is InChI=1S/C25H28ClN3O3/c1-28(25(31)17-9-3-4-10-17)16-24(30)29-22(19-12-6-8-14-23(19)32-2)15-21(27-29)18-11-5-7-13-20(18)26/h5-8,11-14,17,22H,3-4,9-10,15-16H2,1-2H3/t22-/m1/s1. The van der Waals surface area contributed by atoms with E-state index in [4.69, 9.17) is 16.3 Å². The number of rotatable bonds is 6. The highest BCUT2D eigenvalue weighted by atomic mass is 35.5. The van der Waals surface area contributed by atoms with Crippen molar-refractivity contribution in [2.24, 2.45) is 11.0 Å². The molecule has 6 nitrogen and oxygen atoms in total. The Morgan fingerprint density at radius 2 is 1.81 bits per heavy atom. The fraction of sp³-hybridized carbons (Fsp3) is 0.400. The molecule has 0 bridgehead atoms. The number of ether oxygens (including phenoxy) is 1. The second kappa shape index (κ2) is 9.74. The maximum atomic E-state index is 13.4. The van der Waals surface area contributed by atoms with Crippen LogP contribution in [0.3, 0.4) is 0 Å². The minimum atomic E-state index is -0.333. The third kappa shape index (κ3) is 4.51. The van der Waals surface area contributed by atoms with E-state index < -0.39 is 0 Å². The average Bonchev–Trinajstić information content (AvgIpc) is 3.49. The molecule has 168 valence electrons. The Morgan fingerprint density at radius 3 is 2.53 bits per heavy atom. The molecule has 2 aromatic carbocycles. The summed E-state index contributed by atoms with van der Waals surface area (Å²) in [6.45, 7) is -0.0136. The zero-order valence-corrected chi connectivity index (χ0v) is 19.2. The molecule has 1 aliphatic carbocycles. The maximum absolute atomic E-state index is 13.4. The van der Waals surface area contributed by atoms with Gasteiger partial charge in [-0.2, -0.15) is 5.10 Å². The lowest BCUT2D eigenvalue weighted by Gasteiger charge is -2.26. The highest BCUT2D eigenvalue weighted by Crippen LogP contribution is 2.38. The van der Waals surface area contributed by atoms with E-state index in [9.17, 15) is 9.59 Å². The van der Waals surface area contributed by atoms with Crippen molar-refractivity contribution >= 4 is 29.1 Å². The normalized spacial score (nSPS) is 18.5. The number of carbonyl (C=O) groups excluding carboxylic acids is 2. The maximum Gasteiger partial charge on any atom is 0.262 e. The quantitative estimate of drug-likeness (QED) is 0.638. The van der Waals surface area contributed by atoms with Gasteiger partial charge >= 0.3 is 0 Å². The number of para-hydroxylation sites is 1. The van der Waals surface area contributed by atoms with E-state index in [1.165, 1.54) is 5.01 Å². The average molecular weight is 454 g/mol. The summed E-state index contributed by atoms with van der Waals surface area (Å²) in [6.07, 6.45) is 4.47. The molecule has 1 saturated carbocycles. The Morgan fingerprint density at radius 1 is 1.12 bits per heavy atom. The van der Waals surface area contributed by atoms with Crippen LogP contribution in [0.5, 0.6) is 5.75 Å². The SMILES string of the molecule is COc1ccccc1[C@H]1CC(c2ccccc2Cl)=NN1C(=O)CN(C)C(=O)C1CCCC1. The number of methoxy groups -OCH3 is 1. The van der Waals surface area contributed by atoms with E-state index in [-0.39, 0.29) is 30.3 Å². The van der Waals surface area contributed by atoms with Gasteiger partial charge in [0, 0.05) is 35.5 Å². The highest BCUT2D eigenvalue weighted by molar-refractivity contribution is 6.34. The minimum absolute atomic E-state index is 0.0136. The van der Waals surface area contributed by atoms with E-state index in [0.717, 1.165) is 42.5 Å². The monoisotopic (exact) mass is 453 g/mol. The molecule has 1 heterocycles. The fourth-order valence-electron chi connectivity index (χ4n) is 4.62. The van der Waals surface area contributed by atoms with Gasteiger partial charge in [0.15, 0.2) is 0 Å². The van der Waals surface area contributed by atoms with Crippen molar-refractivity contribution in [1.29, 1.82) is 0 Å². The van der Waals surface area contributed by atoms with Gasteiger partial charge in [-0.1, -0.05) is 60.8 Å². The molecule has 0 aromatic heterocycles. The van der Waals surface area contributed by atoms with Crippen LogP contribution in [-0.4, -0.2) is 48.1 Å². The van der Waals surface area contributed by atoms with Gasteiger partial charge in [0.05, 0.1) is 18.9 Å². The van der Waals surface area contributed by atoms with Crippen LogP contribution < -0.4 is 4.74 Å². The second-order valence-electron chi connectivity index (χ2n) is 8.40. The first-order chi connectivity index (χ1) is 15.5. The van der Waals surface area contributed by atoms with Crippen molar-refractivity contribution in [3.8, 4) is 5.75 Å². The van der Waals surface area contributed by atoms with E-state index >= 15 is 0 Å². The molecule has 1 atom stereocenters. The van der Waals surface area contributed by atoms with Crippen molar-refractivity contribution < 1.29 is 14.3 Å². The van der Waals surface area contributed by atoms with E-state index in [2.05, 4.69) is 5.10 Å². The molecule has 0 radical (unpaired) electrons. The van der Waals surface area contributed by atoms with Gasteiger partial charge in [-0.3, -0.25) is 9.59 Å². The van der Waals surface area contributed by atoms with Crippen LogP contribution in [0.4, 0.5) is 0 Å². The van der Waals surface area contributed by atoms with Crippen LogP contribution in [-0.2, 0) is 9.59 Å². The Labute approximate surface area is 193 Å². The topological polar surface area (TPSA) is 62.2 Å². The van der Waals surface area contributed by atoms with E-state index in [1.807, 2.05) is 48.5 Å². The summed E-state index contributed by atoms with van der Waals surface area (Å²) in [5.41, 5.74) is 2.42. The number of halogens is 1. The number of nitrogens with zero attached hydrogens (tertiary/aromatic N) is 3. The molecule has 32 heavy (non-hydrogen) atoms. The Bertz CT molecular complexity index is 1030. The number of likely N-dealkylation sites (N-methyl/N-ethyl adjacent to an activating group) is 1. The van der Waals surface area contributed by atoms with Crippen molar-refractivity contribution in [2.75, 3.05) is 20.7 Å². The molecule has 4 rings (SSSR count). The molecule has 0 unspecified atom stereocenters. The molecule has 2 aromatic rings. The summed E-state index contributed by atoms with van der Waals surface area (Å²) in [5, 5.41) is 6.77. The van der Waals surface area contributed by atoms with Crippen LogP contribution in [0, 0.1) is 5.92 Å². The van der Waals surface area contributed by atoms with Crippen LogP contribution in [0.1, 0.15) is 49.3 Å². The van der Waals surface area contributed by atoms with Crippen LogP contribution in [0.25, 0.3) is 0 Å². The lowest BCUT2D eigenvalue weighted by atomic mass is 9.97. The fourth-order valence-corrected chi connectivity index (χ4v) is 4.86. The summed E-state index contributed by atoms with van der Waals surface area (Å²) < 4.78 is 5.56. The third-order valence-corrected chi connectivity index (χ3v) is 6.63. The molecule has 7 heteroatoms. The van der Waals surface area contributed by atoms with Gasteiger partial charge in [0.2, 0.25) is 5.91 Å². The Kier molecular flexibility index (Phi) is 6.80. The second-order valence-corrected chi connectivity index (χ2v) is 8.81.